The van der Waals surface area contributed by atoms with Gasteiger partial charge in [-0.3, -0.25) is 9.80 Å². The largest absolute Gasteiger partial charge is 0.481 e. The maximum Gasteiger partial charge on any atom is 0.309 e. The highest BCUT2D eigenvalue weighted by atomic mass is 19.3. The number of carboxylic acid groups (broad SMARTS) is 1. The van der Waals surface area contributed by atoms with Crippen molar-refractivity contribution in [3.8, 4) is 0 Å². The highest BCUT2D eigenvalue weighted by Crippen LogP contribution is 2.37. The fraction of sp³-hybridized carbons (Fsp3) is 0.875. The SMILES string of the molecule is O=NN1CCC(CC(F)F)(C(=O)O)CC1. The van der Waals surface area contributed by atoms with Gasteiger partial charge in [0.25, 0.3) is 0 Å². The van der Waals surface area contributed by atoms with Gasteiger partial charge in [-0.1, -0.05) is 0 Å². The molecule has 5 nitrogen and oxygen atoms in total. The Hall–Kier alpha value is -1.27. The Kier molecular flexibility index (Phi) is 3.54. The molecule has 15 heavy (non-hydrogen) atoms. The molecule has 1 rings (SSSR count). The van der Waals surface area contributed by atoms with E-state index in [0.29, 0.717) is 0 Å². The zero-order valence-corrected chi connectivity index (χ0v) is 8.03. The molecule has 0 radical (unpaired) electrons. The van der Waals surface area contributed by atoms with Crippen molar-refractivity contribution in [1.29, 1.82) is 0 Å². The lowest BCUT2D eigenvalue weighted by atomic mass is 9.76. The van der Waals surface area contributed by atoms with Crippen LogP contribution in [0.3, 0.4) is 0 Å². The Labute approximate surface area is 85.0 Å². The van der Waals surface area contributed by atoms with Crippen LogP contribution in [0.2, 0.25) is 0 Å². The van der Waals surface area contributed by atoms with E-state index in [9.17, 15) is 18.5 Å². The lowest BCUT2D eigenvalue weighted by Gasteiger charge is -2.35. The van der Waals surface area contributed by atoms with E-state index in [1.165, 1.54) is 0 Å². The lowest BCUT2D eigenvalue weighted by Crippen LogP contribution is -2.43. The van der Waals surface area contributed by atoms with Gasteiger partial charge < -0.3 is 5.11 Å². The molecule has 1 saturated heterocycles. The maximum atomic E-state index is 12.2. The van der Waals surface area contributed by atoms with E-state index in [4.69, 9.17) is 5.11 Å². The summed E-state index contributed by atoms with van der Waals surface area (Å²) in [5.74, 6) is -1.21. The van der Waals surface area contributed by atoms with Gasteiger partial charge >= 0.3 is 5.97 Å². The zero-order valence-electron chi connectivity index (χ0n) is 8.03. The molecule has 0 unspecified atom stereocenters. The topological polar surface area (TPSA) is 70.0 Å². The first-order chi connectivity index (χ1) is 7.00. The van der Waals surface area contributed by atoms with E-state index in [0.717, 1.165) is 5.01 Å². The van der Waals surface area contributed by atoms with Crippen LogP contribution in [0.25, 0.3) is 0 Å². The van der Waals surface area contributed by atoms with Crippen LogP contribution in [0.1, 0.15) is 19.3 Å². The molecule has 0 aromatic heterocycles. The summed E-state index contributed by atoms with van der Waals surface area (Å²) in [4.78, 5) is 21.1. The standard InChI is InChI=1S/C8H12F2N2O3/c9-6(10)5-8(7(13)14)1-3-12(11-15)4-2-8/h6H,1-5H2,(H,13,14). The highest BCUT2D eigenvalue weighted by Gasteiger charge is 2.43. The van der Waals surface area contributed by atoms with E-state index in [2.05, 4.69) is 5.29 Å². The number of halogens is 2. The number of aliphatic carboxylic acids is 1. The molecule has 1 fully saturated rings. The number of piperidine rings is 1. The third-order valence-electron chi connectivity index (χ3n) is 2.81. The molecule has 86 valence electrons. The third-order valence-corrected chi connectivity index (χ3v) is 2.81. The van der Waals surface area contributed by atoms with Crippen molar-refractivity contribution in [2.75, 3.05) is 13.1 Å². The van der Waals surface area contributed by atoms with Crippen molar-refractivity contribution < 1.29 is 18.7 Å². The van der Waals surface area contributed by atoms with Gasteiger partial charge in [0.2, 0.25) is 6.43 Å². The first-order valence-corrected chi connectivity index (χ1v) is 4.60. The molecular formula is C8H12F2N2O3. The minimum atomic E-state index is -2.64. The summed E-state index contributed by atoms with van der Waals surface area (Å²) in [5.41, 5.74) is -1.39. The van der Waals surface area contributed by atoms with Crippen LogP contribution in [0, 0.1) is 10.3 Å². The summed E-state index contributed by atoms with van der Waals surface area (Å²) >= 11 is 0. The summed E-state index contributed by atoms with van der Waals surface area (Å²) in [6.07, 6.45) is -3.22. The molecule has 0 aliphatic carbocycles. The minimum Gasteiger partial charge on any atom is -0.481 e. The Morgan fingerprint density at radius 2 is 2.00 bits per heavy atom. The van der Waals surface area contributed by atoms with E-state index < -0.39 is 24.2 Å². The molecule has 0 aromatic carbocycles. The predicted molar refractivity (Wildman–Crippen MR) is 47.3 cm³/mol. The van der Waals surface area contributed by atoms with Crippen molar-refractivity contribution >= 4 is 5.97 Å². The number of nitroso groups, excluding NO2 is 1. The van der Waals surface area contributed by atoms with Crippen LogP contribution in [0.15, 0.2) is 5.29 Å². The van der Waals surface area contributed by atoms with Crippen molar-refractivity contribution in [2.45, 2.75) is 25.7 Å². The molecule has 0 atom stereocenters. The second-order valence-electron chi connectivity index (χ2n) is 3.72. The molecular weight excluding hydrogens is 210 g/mol. The van der Waals surface area contributed by atoms with Gasteiger partial charge in [-0.05, 0) is 12.8 Å². The fourth-order valence-corrected chi connectivity index (χ4v) is 1.81. The fourth-order valence-electron chi connectivity index (χ4n) is 1.81. The number of rotatable bonds is 4. The van der Waals surface area contributed by atoms with Gasteiger partial charge in [0.05, 0.1) is 10.7 Å². The van der Waals surface area contributed by atoms with E-state index in [-0.39, 0.29) is 25.9 Å². The zero-order chi connectivity index (χ0) is 11.5. The van der Waals surface area contributed by atoms with Gasteiger partial charge in [-0.2, -0.15) is 0 Å². The number of hydrogen-bond acceptors (Lipinski definition) is 3. The second kappa shape index (κ2) is 4.50. The average molecular weight is 222 g/mol. The smallest absolute Gasteiger partial charge is 0.309 e. The van der Waals surface area contributed by atoms with Crippen LogP contribution >= 0.6 is 0 Å². The number of carboxylic acids is 1. The molecule has 7 heteroatoms. The van der Waals surface area contributed by atoms with Gasteiger partial charge in [-0.15, -0.1) is 4.91 Å². The van der Waals surface area contributed by atoms with Crippen LogP contribution in [0.4, 0.5) is 8.78 Å². The van der Waals surface area contributed by atoms with E-state index >= 15 is 0 Å². The molecule has 1 heterocycles. The third kappa shape index (κ3) is 2.60. The van der Waals surface area contributed by atoms with Crippen LogP contribution in [0.5, 0.6) is 0 Å². The number of alkyl halides is 2. The summed E-state index contributed by atoms with van der Waals surface area (Å²) in [5, 5.41) is 12.7. The molecule has 0 spiro atoms. The molecule has 0 bridgehead atoms. The van der Waals surface area contributed by atoms with E-state index in [1.54, 1.807) is 0 Å². The van der Waals surface area contributed by atoms with Gasteiger partial charge in [0, 0.05) is 19.5 Å². The van der Waals surface area contributed by atoms with Gasteiger partial charge in [0.1, 0.15) is 0 Å². The molecule has 0 aromatic rings. The van der Waals surface area contributed by atoms with Crippen LogP contribution < -0.4 is 0 Å². The Morgan fingerprint density at radius 3 is 2.33 bits per heavy atom. The average Bonchev–Trinajstić information content (AvgIpc) is 2.17. The van der Waals surface area contributed by atoms with Crippen LogP contribution in [-0.4, -0.2) is 35.6 Å². The summed E-state index contributed by atoms with van der Waals surface area (Å²) in [7, 11) is 0. The Morgan fingerprint density at radius 1 is 1.47 bits per heavy atom. The molecule has 1 N–H and O–H groups in total. The molecule has 1 aliphatic heterocycles. The summed E-state index contributed by atoms with van der Waals surface area (Å²) in [6.45, 7) is 0.255. The normalized spacial score (nSPS) is 20.3. The number of carbonyl (C=O) groups is 1. The van der Waals surface area contributed by atoms with Crippen molar-refractivity contribution in [2.24, 2.45) is 10.7 Å². The lowest BCUT2D eigenvalue weighted by molar-refractivity contribution is -0.155. The Balaban J connectivity index is 2.68. The van der Waals surface area contributed by atoms with Crippen molar-refractivity contribution in [1.82, 2.24) is 5.01 Å². The quantitative estimate of drug-likeness (QED) is 0.731. The monoisotopic (exact) mass is 222 g/mol. The van der Waals surface area contributed by atoms with Gasteiger partial charge in [-0.25, -0.2) is 8.78 Å². The molecule has 0 saturated carbocycles. The van der Waals surface area contributed by atoms with E-state index in [1.807, 2.05) is 0 Å². The van der Waals surface area contributed by atoms with Gasteiger partial charge in [0.15, 0.2) is 0 Å². The summed E-state index contributed by atoms with van der Waals surface area (Å²) < 4.78 is 24.5. The first-order valence-electron chi connectivity index (χ1n) is 4.60. The Bertz CT molecular complexity index is 252. The number of nitrogens with zero attached hydrogens (tertiary/aromatic N) is 2. The molecule has 1 aliphatic rings. The maximum absolute atomic E-state index is 12.2. The minimum absolute atomic E-state index is 0.0401. The predicted octanol–water partition coefficient (Wildman–Crippen LogP) is 1.49. The first kappa shape index (κ1) is 11.8. The van der Waals surface area contributed by atoms with Crippen LogP contribution in [-0.2, 0) is 4.79 Å². The highest BCUT2D eigenvalue weighted by molar-refractivity contribution is 5.74. The van der Waals surface area contributed by atoms with Crippen molar-refractivity contribution in [3.63, 3.8) is 0 Å². The molecule has 0 amide bonds. The van der Waals surface area contributed by atoms with Crippen molar-refractivity contribution in [3.05, 3.63) is 4.91 Å². The number of hydrogen-bond donors (Lipinski definition) is 1. The summed E-state index contributed by atoms with van der Waals surface area (Å²) in [6, 6.07) is 0. The second-order valence-corrected chi connectivity index (χ2v) is 3.72.